The lowest BCUT2D eigenvalue weighted by Gasteiger charge is -2.28. The fraction of sp³-hybridized carbons (Fsp3) is 0.161. The van der Waals surface area contributed by atoms with Crippen molar-refractivity contribution in [3.8, 4) is 23.0 Å². The van der Waals surface area contributed by atoms with Gasteiger partial charge in [-0.15, -0.1) is 0 Å². The van der Waals surface area contributed by atoms with Crippen LogP contribution in [0.25, 0.3) is 27.5 Å². The molecule has 1 unspecified atom stereocenters. The molecule has 4 aromatic carbocycles. The highest BCUT2D eigenvalue weighted by Crippen LogP contribution is 2.47. The van der Waals surface area contributed by atoms with Gasteiger partial charge in [0.05, 0.1) is 21.3 Å². The van der Waals surface area contributed by atoms with Crippen molar-refractivity contribution in [1.82, 2.24) is 0 Å². The van der Waals surface area contributed by atoms with Crippen molar-refractivity contribution in [1.29, 1.82) is 0 Å². The first-order valence-corrected chi connectivity index (χ1v) is 11.9. The fourth-order valence-electron chi connectivity index (χ4n) is 5.01. The van der Waals surface area contributed by atoms with E-state index in [-0.39, 0.29) is 6.10 Å². The number of allylic oxidation sites excluding steroid dienone is 1. The third-order valence-electron chi connectivity index (χ3n) is 6.71. The molecule has 0 saturated carbocycles. The number of hydrogen-bond donors (Lipinski definition) is 0. The standard InChI is InChI=1S/C31H26O5/c1-32-21-8-6-7-19(16-21)15-20-17-29(23-12-11-22(33-2)18-28(23)34-3)36-26-13-14-27-31(30(20)26)24-9-4-5-10-25(24)35-27/h4-14,16-18,29H,15H2,1-3H3. The molecule has 0 fully saturated rings. The Morgan fingerprint density at radius 2 is 1.58 bits per heavy atom. The minimum atomic E-state index is -0.324. The van der Waals surface area contributed by atoms with E-state index in [1.165, 1.54) is 0 Å². The van der Waals surface area contributed by atoms with E-state index in [0.717, 1.165) is 67.2 Å². The molecular formula is C31H26O5. The number of fused-ring (bicyclic) bond motifs is 5. The molecule has 2 heterocycles. The monoisotopic (exact) mass is 478 g/mol. The lowest BCUT2D eigenvalue weighted by atomic mass is 9.89. The number of para-hydroxylation sites is 1. The van der Waals surface area contributed by atoms with Crippen LogP contribution in [0.2, 0.25) is 0 Å². The predicted octanol–water partition coefficient (Wildman–Crippen LogP) is 7.37. The van der Waals surface area contributed by atoms with Gasteiger partial charge in [0.1, 0.15) is 40.3 Å². The van der Waals surface area contributed by atoms with Crippen LogP contribution in [-0.2, 0) is 6.42 Å². The Morgan fingerprint density at radius 3 is 2.42 bits per heavy atom. The number of hydrogen-bond acceptors (Lipinski definition) is 5. The molecule has 1 aliphatic heterocycles. The van der Waals surface area contributed by atoms with Crippen LogP contribution in [0.1, 0.15) is 22.8 Å². The molecule has 36 heavy (non-hydrogen) atoms. The summed E-state index contributed by atoms with van der Waals surface area (Å²) < 4.78 is 29.4. The van der Waals surface area contributed by atoms with E-state index in [2.05, 4.69) is 24.3 Å². The van der Waals surface area contributed by atoms with Crippen molar-refractivity contribution < 1.29 is 23.4 Å². The van der Waals surface area contributed by atoms with E-state index in [1.807, 2.05) is 60.7 Å². The van der Waals surface area contributed by atoms with E-state index in [4.69, 9.17) is 23.4 Å². The van der Waals surface area contributed by atoms with Crippen molar-refractivity contribution in [2.75, 3.05) is 21.3 Å². The van der Waals surface area contributed by atoms with Crippen LogP contribution in [0.5, 0.6) is 23.0 Å². The third kappa shape index (κ3) is 3.73. The summed E-state index contributed by atoms with van der Waals surface area (Å²) in [7, 11) is 5.00. The van der Waals surface area contributed by atoms with Gasteiger partial charge in [0.15, 0.2) is 0 Å². The molecule has 0 radical (unpaired) electrons. The number of ether oxygens (including phenoxy) is 4. The van der Waals surface area contributed by atoms with E-state index < -0.39 is 0 Å². The van der Waals surface area contributed by atoms with Crippen molar-refractivity contribution in [2.24, 2.45) is 0 Å². The zero-order valence-electron chi connectivity index (χ0n) is 20.4. The molecule has 0 spiro atoms. The molecule has 1 aliphatic rings. The van der Waals surface area contributed by atoms with Crippen molar-refractivity contribution in [3.05, 3.63) is 102 Å². The highest BCUT2D eigenvalue weighted by atomic mass is 16.5. The molecule has 5 nitrogen and oxygen atoms in total. The van der Waals surface area contributed by atoms with Crippen LogP contribution in [0.15, 0.2) is 89.4 Å². The molecule has 0 saturated heterocycles. The minimum Gasteiger partial charge on any atom is -0.497 e. The van der Waals surface area contributed by atoms with Gasteiger partial charge in [0.25, 0.3) is 0 Å². The number of furan rings is 1. The lowest BCUT2D eigenvalue weighted by Crippen LogP contribution is -2.14. The summed E-state index contributed by atoms with van der Waals surface area (Å²) in [6.07, 6.45) is 2.57. The normalized spacial score (nSPS) is 14.8. The predicted molar refractivity (Wildman–Crippen MR) is 141 cm³/mol. The Bertz CT molecular complexity index is 1610. The quantitative estimate of drug-likeness (QED) is 0.255. The summed E-state index contributed by atoms with van der Waals surface area (Å²) in [5.74, 6) is 3.10. The summed E-state index contributed by atoms with van der Waals surface area (Å²) in [5.41, 5.74) is 6.01. The lowest BCUT2D eigenvalue weighted by molar-refractivity contribution is 0.244. The molecule has 0 bridgehead atoms. The summed E-state index contributed by atoms with van der Waals surface area (Å²) in [6.45, 7) is 0. The summed E-state index contributed by atoms with van der Waals surface area (Å²) in [5, 5.41) is 2.14. The second-order valence-corrected chi connectivity index (χ2v) is 8.78. The van der Waals surface area contributed by atoms with Gasteiger partial charge in [-0.1, -0.05) is 30.3 Å². The molecule has 0 N–H and O–H groups in total. The van der Waals surface area contributed by atoms with E-state index in [1.54, 1.807) is 21.3 Å². The molecular weight excluding hydrogens is 452 g/mol. The fourth-order valence-corrected chi connectivity index (χ4v) is 5.01. The third-order valence-corrected chi connectivity index (χ3v) is 6.71. The second-order valence-electron chi connectivity index (χ2n) is 8.78. The molecule has 180 valence electrons. The molecule has 1 atom stereocenters. The van der Waals surface area contributed by atoms with Gasteiger partial charge in [-0.2, -0.15) is 0 Å². The van der Waals surface area contributed by atoms with Crippen LogP contribution in [-0.4, -0.2) is 21.3 Å². The van der Waals surface area contributed by atoms with Crippen LogP contribution < -0.4 is 18.9 Å². The SMILES string of the molecule is COc1cccc(CC2=CC(c3ccc(OC)cc3OC)Oc3ccc4oc5ccccc5c4c32)c1. The van der Waals surface area contributed by atoms with Gasteiger partial charge in [-0.05, 0) is 66.1 Å². The maximum atomic E-state index is 6.61. The Kier molecular flexibility index (Phi) is 5.53. The zero-order valence-corrected chi connectivity index (χ0v) is 20.4. The molecule has 0 amide bonds. The van der Waals surface area contributed by atoms with Crippen LogP contribution in [0.4, 0.5) is 0 Å². The maximum absolute atomic E-state index is 6.61. The van der Waals surface area contributed by atoms with Gasteiger partial charge in [0.2, 0.25) is 0 Å². The molecule has 6 rings (SSSR count). The minimum absolute atomic E-state index is 0.324. The van der Waals surface area contributed by atoms with Crippen LogP contribution in [0.3, 0.4) is 0 Å². The molecule has 0 aliphatic carbocycles. The van der Waals surface area contributed by atoms with Crippen LogP contribution in [0, 0.1) is 0 Å². The van der Waals surface area contributed by atoms with Gasteiger partial charge in [-0.3, -0.25) is 0 Å². The summed E-state index contributed by atoms with van der Waals surface area (Å²) >= 11 is 0. The number of benzene rings is 4. The number of methoxy groups -OCH3 is 3. The van der Waals surface area contributed by atoms with Crippen molar-refractivity contribution in [2.45, 2.75) is 12.5 Å². The maximum Gasteiger partial charge on any atom is 0.146 e. The highest BCUT2D eigenvalue weighted by Gasteiger charge is 2.28. The average molecular weight is 479 g/mol. The first kappa shape index (κ1) is 22.1. The Labute approximate surface area is 209 Å². The van der Waals surface area contributed by atoms with Gasteiger partial charge < -0.3 is 23.4 Å². The summed E-state index contributed by atoms with van der Waals surface area (Å²) in [6, 6.07) is 26.1. The van der Waals surface area contributed by atoms with E-state index in [0.29, 0.717) is 6.42 Å². The van der Waals surface area contributed by atoms with Crippen molar-refractivity contribution >= 4 is 27.5 Å². The van der Waals surface area contributed by atoms with Gasteiger partial charge >= 0.3 is 0 Å². The van der Waals surface area contributed by atoms with E-state index >= 15 is 0 Å². The van der Waals surface area contributed by atoms with Crippen molar-refractivity contribution in [3.63, 3.8) is 0 Å². The smallest absolute Gasteiger partial charge is 0.146 e. The molecule has 5 heteroatoms. The largest absolute Gasteiger partial charge is 0.497 e. The highest BCUT2D eigenvalue weighted by molar-refractivity contribution is 6.11. The first-order valence-electron chi connectivity index (χ1n) is 11.9. The average Bonchev–Trinajstić information content (AvgIpc) is 3.31. The second kappa shape index (κ2) is 9.00. The topological polar surface area (TPSA) is 50.1 Å². The Hall–Kier alpha value is -4.38. The first-order chi connectivity index (χ1) is 17.7. The Balaban J connectivity index is 1.55. The van der Waals surface area contributed by atoms with Crippen LogP contribution >= 0.6 is 0 Å². The molecule has 1 aromatic heterocycles. The van der Waals surface area contributed by atoms with E-state index in [9.17, 15) is 0 Å². The molecule has 5 aromatic rings. The number of rotatable bonds is 6. The van der Waals surface area contributed by atoms with Gasteiger partial charge in [-0.25, -0.2) is 0 Å². The van der Waals surface area contributed by atoms with Gasteiger partial charge in [0, 0.05) is 28.0 Å². The Morgan fingerprint density at radius 1 is 0.750 bits per heavy atom. The zero-order chi connectivity index (χ0) is 24.6. The summed E-state index contributed by atoms with van der Waals surface area (Å²) in [4.78, 5) is 0.